The van der Waals surface area contributed by atoms with Gasteiger partial charge in [-0.2, -0.15) is 13.2 Å². The van der Waals surface area contributed by atoms with Crippen LogP contribution in [-0.4, -0.2) is 40.4 Å². The molecule has 0 radical (unpaired) electrons. The maximum absolute atomic E-state index is 13.8. The van der Waals surface area contributed by atoms with E-state index in [2.05, 4.69) is 10.3 Å². The molecule has 1 aromatic carbocycles. The maximum atomic E-state index is 13.8. The van der Waals surface area contributed by atoms with Crippen molar-refractivity contribution in [2.24, 2.45) is 0 Å². The van der Waals surface area contributed by atoms with Crippen molar-refractivity contribution in [2.75, 3.05) is 29.6 Å². The first kappa shape index (κ1) is 24.9. The van der Waals surface area contributed by atoms with Gasteiger partial charge < -0.3 is 10.2 Å². The largest absolute Gasteiger partial charge is 0.418 e. The predicted octanol–water partition coefficient (Wildman–Crippen LogP) is 5.32. The lowest BCUT2D eigenvalue weighted by Gasteiger charge is -2.26. The van der Waals surface area contributed by atoms with Gasteiger partial charge >= 0.3 is 6.18 Å². The molecule has 1 aromatic heterocycles. The van der Waals surface area contributed by atoms with Crippen LogP contribution in [0.1, 0.15) is 40.7 Å². The topological polar surface area (TPSA) is 86.2 Å². The van der Waals surface area contributed by atoms with E-state index in [0.29, 0.717) is 6.20 Å². The van der Waals surface area contributed by atoms with E-state index >= 15 is 0 Å². The Morgan fingerprint density at radius 3 is 2.58 bits per heavy atom. The smallest absolute Gasteiger partial charge is 0.356 e. The molecule has 1 saturated heterocycles. The minimum Gasteiger partial charge on any atom is -0.356 e. The first-order chi connectivity index (χ1) is 15.2. The fourth-order valence-electron chi connectivity index (χ4n) is 3.67. The van der Waals surface area contributed by atoms with E-state index in [0.717, 1.165) is 6.92 Å². The van der Waals surface area contributed by atoms with Crippen molar-refractivity contribution in [3.63, 3.8) is 0 Å². The van der Waals surface area contributed by atoms with Gasteiger partial charge in [0.05, 0.1) is 20.9 Å². The molecule has 3 rings (SSSR count). The number of halogens is 5. The first-order valence-corrected chi connectivity index (χ1v) is 12.0. The van der Waals surface area contributed by atoms with Crippen LogP contribution in [-0.2, 0) is 15.9 Å². The van der Waals surface area contributed by atoms with Crippen LogP contribution in [0.5, 0.6) is 0 Å². The summed E-state index contributed by atoms with van der Waals surface area (Å²) in [4.78, 5) is 18.5. The highest BCUT2D eigenvalue weighted by atomic mass is 32.2. The molecule has 1 aliphatic heterocycles. The molecule has 2 heterocycles. The molecule has 6 nitrogen and oxygen atoms in total. The van der Waals surface area contributed by atoms with Gasteiger partial charge in [0.15, 0.2) is 0 Å². The van der Waals surface area contributed by atoms with Crippen LogP contribution < -0.4 is 10.2 Å². The molecule has 2 N–H and O–H groups in total. The van der Waals surface area contributed by atoms with Gasteiger partial charge in [-0.15, -0.1) is 0 Å². The van der Waals surface area contributed by atoms with Crippen molar-refractivity contribution in [3.05, 3.63) is 47.2 Å². The number of nitrogens with one attached hydrogen (secondary N) is 2. The fraction of sp³-hybridized carbons (Fsp3) is 0.429. The summed E-state index contributed by atoms with van der Waals surface area (Å²) in [6, 6.07) is 5.63. The number of benzene rings is 1. The second-order valence-electron chi connectivity index (χ2n) is 8.02. The molecule has 1 aliphatic rings. The van der Waals surface area contributed by atoms with Crippen molar-refractivity contribution in [3.8, 4) is 0 Å². The number of hydrogen-bond acceptors (Lipinski definition) is 5. The standard InChI is InChI=1S/C21H23F5N4O2S/c1-13-16(21(24,25)26)12-28-18(30-9-4-7-20(22,23)8-10-30)17(13)19(31)29-14-5-3-6-15(11-14)33(2,27)32/h3,5-6,11-12,27H,4,7-10H2,1-2H3,(H,29,31)/t33-/m1/s1. The molecule has 0 bridgehead atoms. The number of aromatic nitrogens is 1. The van der Waals surface area contributed by atoms with E-state index < -0.39 is 39.7 Å². The summed E-state index contributed by atoms with van der Waals surface area (Å²) < 4.78 is 87.8. The van der Waals surface area contributed by atoms with Gasteiger partial charge in [-0.25, -0.2) is 22.8 Å². The molecular weight excluding hydrogens is 467 g/mol. The molecule has 12 heteroatoms. The van der Waals surface area contributed by atoms with Gasteiger partial charge in [0.2, 0.25) is 5.92 Å². The van der Waals surface area contributed by atoms with Gasteiger partial charge in [0, 0.05) is 49.0 Å². The molecule has 0 unspecified atom stereocenters. The van der Waals surface area contributed by atoms with E-state index in [1.165, 1.54) is 35.4 Å². The lowest BCUT2D eigenvalue weighted by Crippen LogP contribution is -2.30. The third kappa shape index (κ3) is 5.79. The van der Waals surface area contributed by atoms with Crippen LogP contribution in [0.3, 0.4) is 0 Å². The van der Waals surface area contributed by atoms with E-state index in [1.54, 1.807) is 0 Å². The Kier molecular flexibility index (Phi) is 6.69. The molecule has 180 valence electrons. The summed E-state index contributed by atoms with van der Waals surface area (Å²) in [6.07, 6.45) is -3.74. The molecule has 0 spiro atoms. The molecular formula is C21H23F5N4O2S. The second kappa shape index (κ2) is 8.88. The van der Waals surface area contributed by atoms with Crippen LogP contribution in [0.2, 0.25) is 0 Å². The van der Waals surface area contributed by atoms with Crippen molar-refractivity contribution in [1.29, 1.82) is 4.78 Å². The molecule has 1 atom stereocenters. The summed E-state index contributed by atoms with van der Waals surface area (Å²) in [5, 5.41) is 2.47. The zero-order valence-corrected chi connectivity index (χ0v) is 18.7. The van der Waals surface area contributed by atoms with Crippen molar-refractivity contribution < 1.29 is 31.0 Å². The number of anilines is 2. The average Bonchev–Trinajstić information content (AvgIpc) is 2.86. The average molecular weight is 490 g/mol. The molecule has 1 fully saturated rings. The number of nitrogens with zero attached hydrogens (tertiary/aromatic N) is 2. The molecule has 0 saturated carbocycles. The van der Waals surface area contributed by atoms with Gasteiger partial charge in [0.25, 0.3) is 5.91 Å². The van der Waals surface area contributed by atoms with Gasteiger partial charge in [-0.1, -0.05) is 6.07 Å². The Hall–Kier alpha value is -2.76. The van der Waals surface area contributed by atoms with E-state index in [-0.39, 0.29) is 53.5 Å². The molecule has 1 amide bonds. The SMILES string of the molecule is Cc1c(C(F)(F)F)cnc(N2CCCC(F)(F)CC2)c1C(=O)Nc1cccc([S@](C)(=N)=O)c1. The Balaban J connectivity index is 2.05. The van der Waals surface area contributed by atoms with Crippen LogP contribution in [0.4, 0.5) is 33.5 Å². The highest BCUT2D eigenvalue weighted by molar-refractivity contribution is 7.91. The number of alkyl halides is 5. The van der Waals surface area contributed by atoms with Gasteiger partial charge in [-0.3, -0.25) is 4.79 Å². The highest BCUT2D eigenvalue weighted by Gasteiger charge is 2.38. The number of rotatable bonds is 4. The Morgan fingerprint density at radius 2 is 1.94 bits per heavy atom. The van der Waals surface area contributed by atoms with Crippen LogP contribution in [0.25, 0.3) is 0 Å². The quantitative estimate of drug-likeness (QED) is 0.568. The number of carbonyl (C=O) groups excluding carboxylic acids is 1. The Morgan fingerprint density at radius 1 is 1.24 bits per heavy atom. The van der Waals surface area contributed by atoms with Gasteiger partial charge in [-0.05, 0) is 37.1 Å². The monoisotopic (exact) mass is 490 g/mol. The summed E-state index contributed by atoms with van der Waals surface area (Å²) in [5.41, 5.74) is -1.72. The number of amides is 1. The summed E-state index contributed by atoms with van der Waals surface area (Å²) in [6.45, 7) is 1.08. The van der Waals surface area contributed by atoms with E-state index in [1.807, 2.05) is 0 Å². The third-order valence-corrected chi connectivity index (χ3v) is 6.56. The first-order valence-electron chi connectivity index (χ1n) is 10.0. The highest BCUT2D eigenvalue weighted by Crippen LogP contribution is 2.37. The lowest BCUT2D eigenvalue weighted by atomic mass is 10.0. The van der Waals surface area contributed by atoms with Crippen molar-refractivity contribution >= 4 is 27.1 Å². The van der Waals surface area contributed by atoms with Crippen molar-refractivity contribution in [1.82, 2.24) is 4.98 Å². The zero-order chi connectivity index (χ0) is 24.6. The predicted molar refractivity (Wildman–Crippen MR) is 114 cm³/mol. The zero-order valence-electron chi connectivity index (χ0n) is 17.9. The maximum Gasteiger partial charge on any atom is 0.418 e. The summed E-state index contributed by atoms with van der Waals surface area (Å²) in [7, 11) is -3.09. The summed E-state index contributed by atoms with van der Waals surface area (Å²) >= 11 is 0. The normalized spacial score (nSPS) is 18.3. The van der Waals surface area contributed by atoms with E-state index in [9.17, 15) is 31.0 Å². The molecule has 0 aliphatic carbocycles. The third-order valence-electron chi connectivity index (χ3n) is 5.41. The van der Waals surface area contributed by atoms with Crippen LogP contribution in [0.15, 0.2) is 35.4 Å². The summed E-state index contributed by atoms with van der Waals surface area (Å²) in [5.74, 6) is -3.92. The number of hydrogen-bond donors (Lipinski definition) is 2. The second-order valence-corrected chi connectivity index (χ2v) is 10.2. The van der Waals surface area contributed by atoms with Crippen LogP contribution in [0, 0.1) is 11.7 Å². The minimum absolute atomic E-state index is 0.0895. The molecule has 2 aromatic rings. The Bertz CT molecular complexity index is 1170. The molecule has 33 heavy (non-hydrogen) atoms. The van der Waals surface area contributed by atoms with Crippen molar-refractivity contribution in [2.45, 2.75) is 43.2 Å². The number of pyridine rings is 1. The van der Waals surface area contributed by atoms with Gasteiger partial charge in [0.1, 0.15) is 5.82 Å². The van der Waals surface area contributed by atoms with Crippen LogP contribution >= 0.6 is 0 Å². The minimum atomic E-state index is -4.77. The van der Waals surface area contributed by atoms with E-state index in [4.69, 9.17) is 4.78 Å². The Labute approximate surface area is 188 Å². The number of carbonyl (C=O) groups is 1. The fourth-order valence-corrected chi connectivity index (χ4v) is 4.36. The lowest BCUT2D eigenvalue weighted by molar-refractivity contribution is -0.138.